The van der Waals surface area contributed by atoms with Crippen LogP contribution in [0.25, 0.3) is 59.9 Å². The van der Waals surface area contributed by atoms with Gasteiger partial charge in [-0.05, 0) is 28.8 Å². The zero-order valence-electron chi connectivity index (χ0n) is 17.9. The van der Waals surface area contributed by atoms with Gasteiger partial charge in [0.25, 0.3) is 0 Å². The minimum atomic E-state index is -1.60. The fourth-order valence-corrected chi connectivity index (χ4v) is 7.24. The molecule has 4 aromatic carbocycles. The van der Waals surface area contributed by atoms with E-state index in [1.165, 1.54) is 59.6 Å². The average Bonchev–Trinajstić information content (AvgIpc) is 3.21. The number of nitrogens with two attached hydrogens (primary N) is 1. The molecular formula is C27H23N3Si. The quantitative estimate of drug-likeness (QED) is 0.250. The Bertz CT molecular complexity index is 1830. The summed E-state index contributed by atoms with van der Waals surface area (Å²) in [5.74, 6) is 6.82. The van der Waals surface area contributed by atoms with Gasteiger partial charge in [0.15, 0.2) is 0 Å². The van der Waals surface area contributed by atoms with Crippen molar-refractivity contribution in [3.8, 4) is 0 Å². The van der Waals surface area contributed by atoms with Gasteiger partial charge in [-0.25, -0.2) is 0 Å². The summed E-state index contributed by atoms with van der Waals surface area (Å²) in [6.07, 6.45) is 0. The van der Waals surface area contributed by atoms with Crippen molar-refractivity contribution in [1.82, 2.24) is 9.08 Å². The number of benzene rings is 4. The Kier molecular flexibility index (Phi) is 3.00. The van der Waals surface area contributed by atoms with Crippen molar-refractivity contribution in [2.24, 2.45) is 0 Å². The number of nitrogen functional groups attached to an aromatic ring is 1. The second-order valence-electron chi connectivity index (χ2n) is 9.73. The van der Waals surface area contributed by atoms with Gasteiger partial charge in [0.1, 0.15) is 0 Å². The minimum Gasteiger partial charge on any atom is -0.339 e. The van der Waals surface area contributed by atoms with E-state index in [2.05, 4.69) is 96.8 Å². The first-order valence-electron chi connectivity index (χ1n) is 10.9. The number of aromatic nitrogens is 2. The molecule has 0 bridgehead atoms. The van der Waals surface area contributed by atoms with Crippen LogP contribution in [0.15, 0.2) is 72.8 Å². The van der Waals surface area contributed by atoms with E-state index < -0.39 is 8.07 Å². The molecule has 0 aliphatic carbocycles. The Morgan fingerprint density at radius 2 is 1.23 bits per heavy atom. The van der Waals surface area contributed by atoms with E-state index in [1.54, 1.807) is 0 Å². The third-order valence-electron chi connectivity index (χ3n) is 6.98. The van der Waals surface area contributed by atoms with Gasteiger partial charge in [-0.15, -0.1) is 0 Å². The van der Waals surface area contributed by atoms with Gasteiger partial charge >= 0.3 is 0 Å². The highest BCUT2D eigenvalue weighted by Gasteiger charge is 2.26. The van der Waals surface area contributed by atoms with Crippen LogP contribution >= 0.6 is 0 Å². The maximum atomic E-state index is 6.82. The predicted molar refractivity (Wildman–Crippen MR) is 137 cm³/mol. The van der Waals surface area contributed by atoms with Crippen molar-refractivity contribution < 1.29 is 0 Å². The third kappa shape index (κ3) is 1.94. The van der Waals surface area contributed by atoms with E-state index >= 15 is 0 Å². The second kappa shape index (κ2) is 5.40. The van der Waals surface area contributed by atoms with E-state index in [0.29, 0.717) is 0 Å². The molecule has 31 heavy (non-hydrogen) atoms. The van der Waals surface area contributed by atoms with E-state index in [9.17, 15) is 0 Å². The Labute approximate surface area is 180 Å². The molecular weight excluding hydrogens is 394 g/mol. The highest BCUT2D eigenvalue weighted by molar-refractivity contribution is 6.90. The van der Waals surface area contributed by atoms with Gasteiger partial charge in [0.05, 0.1) is 35.7 Å². The molecule has 3 nitrogen and oxygen atoms in total. The van der Waals surface area contributed by atoms with Crippen molar-refractivity contribution >= 4 is 73.2 Å². The van der Waals surface area contributed by atoms with Crippen LogP contribution in [0.3, 0.4) is 0 Å². The lowest BCUT2D eigenvalue weighted by Crippen LogP contribution is -2.39. The molecule has 0 amide bonds. The van der Waals surface area contributed by atoms with Crippen molar-refractivity contribution in [3.05, 3.63) is 72.8 Å². The fraction of sp³-hybridized carbons (Fsp3) is 0.111. The normalized spacial score (nSPS) is 13.1. The first-order valence-corrected chi connectivity index (χ1v) is 14.4. The van der Waals surface area contributed by atoms with Gasteiger partial charge in [-0.2, -0.15) is 0 Å². The minimum absolute atomic E-state index is 1.10. The Hall–Kier alpha value is -3.50. The molecule has 0 fully saturated rings. The van der Waals surface area contributed by atoms with Crippen LogP contribution in [0, 0.1) is 0 Å². The fourth-order valence-electron chi connectivity index (χ4n) is 5.70. The molecule has 3 heterocycles. The summed E-state index contributed by atoms with van der Waals surface area (Å²) < 4.78 is 4.40. The van der Waals surface area contributed by atoms with Crippen LogP contribution in [0.2, 0.25) is 19.6 Å². The van der Waals surface area contributed by atoms with Gasteiger partial charge in [0, 0.05) is 26.9 Å². The molecule has 0 atom stereocenters. The van der Waals surface area contributed by atoms with Gasteiger partial charge < -0.3 is 10.2 Å². The molecule has 0 radical (unpaired) electrons. The molecule has 0 aliphatic heterocycles. The Morgan fingerprint density at radius 3 is 2.03 bits per heavy atom. The molecule has 3 aromatic heterocycles. The summed E-state index contributed by atoms with van der Waals surface area (Å²) in [7, 11) is -1.60. The van der Waals surface area contributed by atoms with Crippen LogP contribution in [0.4, 0.5) is 0 Å². The predicted octanol–water partition coefficient (Wildman–Crippen LogP) is 6.20. The molecule has 4 heteroatoms. The number of fused-ring (bicyclic) bond motifs is 5. The number of nitrogens with zero attached hydrogens (tertiary/aromatic N) is 2. The number of rotatable bonds is 1. The summed E-state index contributed by atoms with van der Waals surface area (Å²) >= 11 is 0. The smallest absolute Gasteiger partial charge is 0.0804 e. The lowest BCUT2D eigenvalue weighted by Gasteiger charge is -2.19. The first-order chi connectivity index (χ1) is 15.0. The monoisotopic (exact) mass is 417 g/mol. The first kappa shape index (κ1) is 17.2. The van der Waals surface area contributed by atoms with Crippen molar-refractivity contribution in [3.63, 3.8) is 0 Å². The highest BCUT2D eigenvalue weighted by Crippen LogP contribution is 2.42. The molecule has 0 saturated heterocycles. The zero-order chi connectivity index (χ0) is 21.1. The summed E-state index contributed by atoms with van der Waals surface area (Å²) in [6, 6.07) is 26.7. The summed E-state index contributed by atoms with van der Waals surface area (Å²) in [5, 5.41) is 9.14. The second-order valence-corrected chi connectivity index (χ2v) is 14.8. The van der Waals surface area contributed by atoms with Crippen molar-refractivity contribution in [2.45, 2.75) is 19.6 Å². The number of hydrogen-bond donors (Lipinski definition) is 1. The number of hydrogen-bond acceptors (Lipinski definition) is 1. The highest BCUT2D eigenvalue weighted by atomic mass is 28.3. The molecule has 150 valence electrons. The molecule has 0 unspecified atom stereocenters. The van der Waals surface area contributed by atoms with E-state index in [-0.39, 0.29) is 0 Å². The molecule has 7 rings (SSSR count). The number of para-hydroxylation sites is 2. The lowest BCUT2D eigenvalue weighted by atomic mass is 10.0. The molecule has 2 N–H and O–H groups in total. The topological polar surface area (TPSA) is 35.4 Å². The summed E-state index contributed by atoms with van der Waals surface area (Å²) in [5.41, 5.74) is 6.05. The van der Waals surface area contributed by atoms with Crippen LogP contribution < -0.4 is 11.0 Å². The lowest BCUT2D eigenvalue weighted by molar-refractivity contribution is 1.12. The molecule has 7 aromatic rings. The molecule has 0 spiro atoms. The molecule has 0 aliphatic rings. The van der Waals surface area contributed by atoms with Gasteiger partial charge in [-0.3, -0.25) is 4.68 Å². The van der Waals surface area contributed by atoms with Crippen LogP contribution in [-0.4, -0.2) is 17.2 Å². The van der Waals surface area contributed by atoms with Gasteiger partial charge in [-0.1, -0.05) is 74.2 Å². The maximum absolute atomic E-state index is 6.82. The Morgan fingerprint density at radius 1 is 0.581 bits per heavy atom. The standard InChI is InChI=1S/C27H23N3Si/c1-31(2,3)23-15-14-17-19-10-6-9-18-16-8-4-5-11-20(16)29(26(18)19)21-12-7-13-22-25(21)24(17)27(23)30(22)28/h4-15H,28H2,1-3H3. The van der Waals surface area contributed by atoms with Crippen LogP contribution in [0.5, 0.6) is 0 Å². The van der Waals surface area contributed by atoms with Crippen molar-refractivity contribution in [2.75, 3.05) is 5.84 Å². The summed E-state index contributed by atoms with van der Waals surface area (Å²) in [4.78, 5) is 0. The van der Waals surface area contributed by atoms with Crippen LogP contribution in [-0.2, 0) is 0 Å². The third-order valence-corrected chi connectivity index (χ3v) is 9.00. The summed E-state index contributed by atoms with van der Waals surface area (Å²) in [6.45, 7) is 7.20. The van der Waals surface area contributed by atoms with Gasteiger partial charge in [0.2, 0.25) is 0 Å². The SMILES string of the molecule is C[Si](C)(C)c1ccc2c3cccc4c5ccccc5n(c5cccc6c5c2c1n6N)c34. The van der Waals surface area contributed by atoms with E-state index in [1.807, 2.05) is 4.68 Å². The largest absolute Gasteiger partial charge is 0.339 e. The molecule has 0 saturated carbocycles. The van der Waals surface area contributed by atoms with Crippen LogP contribution in [0.1, 0.15) is 0 Å². The van der Waals surface area contributed by atoms with E-state index in [4.69, 9.17) is 5.84 Å². The average molecular weight is 418 g/mol. The van der Waals surface area contributed by atoms with Crippen molar-refractivity contribution in [1.29, 1.82) is 0 Å². The maximum Gasteiger partial charge on any atom is 0.0804 e. The zero-order valence-corrected chi connectivity index (χ0v) is 18.9. The van der Waals surface area contributed by atoms with E-state index in [0.717, 1.165) is 5.52 Å². The Balaban J connectivity index is 1.97.